The third-order valence-electron chi connectivity index (χ3n) is 1.25. The lowest BCUT2D eigenvalue weighted by Crippen LogP contribution is -1.93. The molecule has 0 saturated carbocycles. The van der Waals surface area contributed by atoms with Gasteiger partial charge in [-0.1, -0.05) is 0 Å². The highest BCUT2D eigenvalue weighted by atomic mass is 32.1. The smallest absolute Gasteiger partial charge is 0.196 e. The van der Waals surface area contributed by atoms with Gasteiger partial charge in [0.2, 0.25) is 0 Å². The van der Waals surface area contributed by atoms with Crippen molar-refractivity contribution in [1.29, 1.82) is 0 Å². The highest BCUT2D eigenvalue weighted by Crippen LogP contribution is 2.25. The summed E-state index contributed by atoms with van der Waals surface area (Å²) in [5, 5.41) is 1.65. The molecular formula is C7HF4NS. The van der Waals surface area contributed by atoms with Crippen LogP contribution < -0.4 is 0 Å². The molecule has 0 aliphatic rings. The van der Waals surface area contributed by atoms with E-state index in [1.807, 2.05) is 0 Å². The number of aliphatic imine (C=N–C) groups is 1. The summed E-state index contributed by atoms with van der Waals surface area (Å²) < 4.78 is 50.1. The van der Waals surface area contributed by atoms with Crippen molar-refractivity contribution in [2.75, 3.05) is 0 Å². The van der Waals surface area contributed by atoms with Gasteiger partial charge in [-0.15, -0.1) is 0 Å². The second-order valence-electron chi connectivity index (χ2n) is 2.02. The zero-order valence-electron chi connectivity index (χ0n) is 5.94. The van der Waals surface area contributed by atoms with Crippen LogP contribution in [0.25, 0.3) is 0 Å². The van der Waals surface area contributed by atoms with Crippen molar-refractivity contribution >= 4 is 23.1 Å². The molecule has 0 aliphatic carbocycles. The van der Waals surface area contributed by atoms with E-state index in [0.717, 1.165) is 0 Å². The van der Waals surface area contributed by atoms with Crippen molar-refractivity contribution in [1.82, 2.24) is 0 Å². The highest BCUT2D eigenvalue weighted by molar-refractivity contribution is 7.78. The van der Waals surface area contributed by atoms with Crippen molar-refractivity contribution < 1.29 is 17.6 Å². The van der Waals surface area contributed by atoms with E-state index in [1.165, 1.54) is 0 Å². The number of benzene rings is 1. The summed E-state index contributed by atoms with van der Waals surface area (Å²) in [6.07, 6.45) is 0. The van der Waals surface area contributed by atoms with Gasteiger partial charge in [0, 0.05) is 6.07 Å². The fourth-order valence-corrected chi connectivity index (χ4v) is 0.796. The van der Waals surface area contributed by atoms with Crippen LogP contribution in [0.3, 0.4) is 0 Å². The minimum atomic E-state index is -1.79. The van der Waals surface area contributed by atoms with E-state index < -0.39 is 29.0 Å². The van der Waals surface area contributed by atoms with Gasteiger partial charge in [0.25, 0.3) is 0 Å². The molecule has 0 atom stereocenters. The van der Waals surface area contributed by atoms with Crippen LogP contribution in [0.15, 0.2) is 11.1 Å². The van der Waals surface area contributed by atoms with Gasteiger partial charge in [0.05, 0.1) is 5.16 Å². The predicted octanol–water partition coefficient (Wildman–Crippen LogP) is 2.98. The first kappa shape index (κ1) is 9.83. The Hall–Kier alpha value is -1.26. The SMILES string of the molecule is Fc1cc(F)c(N=C=S)c(F)c1F. The molecule has 13 heavy (non-hydrogen) atoms. The molecule has 0 spiro atoms. The van der Waals surface area contributed by atoms with Crippen LogP contribution in [-0.4, -0.2) is 5.16 Å². The second-order valence-corrected chi connectivity index (χ2v) is 2.20. The second kappa shape index (κ2) is 3.64. The van der Waals surface area contributed by atoms with Crippen LogP contribution in [0, 0.1) is 23.3 Å². The Balaban J connectivity index is 3.52. The molecule has 1 aromatic rings. The number of hydrogen-bond donors (Lipinski definition) is 0. The molecule has 0 heterocycles. The van der Waals surface area contributed by atoms with Gasteiger partial charge < -0.3 is 0 Å². The van der Waals surface area contributed by atoms with Gasteiger partial charge in [-0.2, -0.15) is 4.99 Å². The van der Waals surface area contributed by atoms with Crippen molar-refractivity contribution in [2.24, 2.45) is 4.99 Å². The van der Waals surface area contributed by atoms with Gasteiger partial charge in [0.15, 0.2) is 23.3 Å². The molecule has 0 unspecified atom stereocenters. The highest BCUT2D eigenvalue weighted by Gasteiger charge is 2.18. The molecule has 0 aliphatic heterocycles. The van der Waals surface area contributed by atoms with Crippen LogP contribution >= 0.6 is 12.2 Å². The molecule has 0 amide bonds. The van der Waals surface area contributed by atoms with E-state index in [9.17, 15) is 17.6 Å². The summed E-state index contributed by atoms with van der Waals surface area (Å²) >= 11 is 4.06. The minimum Gasteiger partial charge on any atom is -0.204 e. The summed E-state index contributed by atoms with van der Waals surface area (Å²) in [4.78, 5) is 2.92. The fourth-order valence-electron chi connectivity index (χ4n) is 0.705. The Labute approximate surface area is 75.7 Å². The lowest BCUT2D eigenvalue weighted by atomic mass is 10.2. The van der Waals surface area contributed by atoms with Crippen LogP contribution in [0.5, 0.6) is 0 Å². The molecule has 1 rings (SSSR count). The molecule has 1 nitrogen and oxygen atoms in total. The van der Waals surface area contributed by atoms with Crippen LogP contribution in [0.1, 0.15) is 0 Å². The lowest BCUT2D eigenvalue weighted by Gasteiger charge is -1.99. The molecule has 6 heteroatoms. The standard InChI is InChI=1S/C7HF4NS/c8-3-1-4(9)7(12-2-13)6(11)5(3)10/h1H. The molecule has 1 aromatic carbocycles. The van der Waals surface area contributed by atoms with Gasteiger partial charge in [-0.3, -0.25) is 0 Å². The topological polar surface area (TPSA) is 12.4 Å². The van der Waals surface area contributed by atoms with Crippen molar-refractivity contribution in [2.45, 2.75) is 0 Å². The molecule has 0 N–H and O–H groups in total. The predicted molar refractivity (Wildman–Crippen MR) is 41.0 cm³/mol. The summed E-state index contributed by atoms with van der Waals surface area (Å²) in [5.74, 6) is -6.44. The van der Waals surface area contributed by atoms with Crippen LogP contribution in [0.4, 0.5) is 23.2 Å². The number of rotatable bonds is 1. The summed E-state index contributed by atoms with van der Waals surface area (Å²) in [7, 11) is 0. The minimum absolute atomic E-state index is 0.184. The summed E-state index contributed by atoms with van der Waals surface area (Å²) in [6.45, 7) is 0. The van der Waals surface area contributed by atoms with Gasteiger partial charge in [-0.05, 0) is 12.2 Å². The first-order valence-corrected chi connectivity index (χ1v) is 3.39. The van der Waals surface area contributed by atoms with E-state index in [0.29, 0.717) is 0 Å². The maximum atomic E-state index is 12.7. The monoisotopic (exact) mass is 207 g/mol. The van der Waals surface area contributed by atoms with E-state index >= 15 is 0 Å². The van der Waals surface area contributed by atoms with E-state index in [4.69, 9.17) is 0 Å². The molecule has 0 aromatic heterocycles. The summed E-state index contributed by atoms with van der Waals surface area (Å²) in [5.41, 5.74) is -0.978. The van der Waals surface area contributed by atoms with Gasteiger partial charge >= 0.3 is 0 Å². The number of nitrogens with zero attached hydrogens (tertiary/aromatic N) is 1. The average Bonchev–Trinajstić information content (AvgIpc) is 2.09. The zero-order valence-corrected chi connectivity index (χ0v) is 6.76. The Bertz CT molecular complexity index is 398. The molecule has 0 bridgehead atoms. The maximum Gasteiger partial charge on any atom is 0.196 e. The molecule has 0 saturated heterocycles. The van der Waals surface area contributed by atoms with Crippen molar-refractivity contribution in [3.05, 3.63) is 29.3 Å². The Morgan fingerprint density at radius 1 is 1.08 bits per heavy atom. The van der Waals surface area contributed by atoms with E-state index in [2.05, 4.69) is 17.2 Å². The quantitative estimate of drug-likeness (QED) is 0.227. The molecule has 0 fully saturated rings. The lowest BCUT2D eigenvalue weighted by molar-refractivity contribution is 0.437. The Kier molecular flexibility index (Phi) is 2.75. The van der Waals surface area contributed by atoms with Crippen LogP contribution in [-0.2, 0) is 0 Å². The number of halogens is 4. The van der Waals surface area contributed by atoms with E-state index in [1.54, 1.807) is 5.16 Å². The van der Waals surface area contributed by atoms with Gasteiger partial charge in [-0.25, -0.2) is 17.6 Å². The summed E-state index contributed by atoms with van der Waals surface area (Å²) in [6, 6.07) is 0.184. The first-order chi connectivity index (χ1) is 6.07. The average molecular weight is 207 g/mol. The first-order valence-electron chi connectivity index (χ1n) is 2.98. The number of isothiocyanates is 1. The zero-order chi connectivity index (χ0) is 10.0. The third-order valence-corrected chi connectivity index (χ3v) is 1.34. The van der Waals surface area contributed by atoms with E-state index in [-0.39, 0.29) is 6.07 Å². The fraction of sp³-hybridized carbons (Fsp3) is 0. The normalized spacial score (nSPS) is 9.54. The molecule has 68 valence electrons. The van der Waals surface area contributed by atoms with Gasteiger partial charge in [0.1, 0.15) is 5.69 Å². The van der Waals surface area contributed by atoms with Crippen LogP contribution in [0.2, 0.25) is 0 Å². The third kappa shape index (κ3) is 1.74. The largest absolute Gasteiger partial charge is 0.204 e. The maximum absolute atomic E-state index is 12.7. The Morgan fingerprint density at radius 3 is 2.23 bits per heavy atom. The molecular weight excluding hydrogens is 206 g/mol. The molecule has 0 radical (unpaired) electrons. The number of thiocarbonyl (C=S) groups is 1. The van der Waals surface area contributed by atoms with Crippen molar-refractivity contribution in [3.63, 3.8) is 0 Å². The number of hydrogen-bond acceptors (Lipinski definition) is 2. The van der Waals surface area contributed by atoms with Crippen molar-refractivity contribution in [3.8, 4) is 0 Å². The Morgan fingerprint density at radius 2 is 1.69 bits per heavy atom.